The van der Waals surface area contributed by atoms with Crippen molar-refractivity contribution in [1.29, 1.82) is 0 Å². The quantitative estimate of drug-likeness (QED) is 0.472. The molecular formula is C21H16N4O6. The van der Waals surface area contributed by atoms with E-state index >= 15 is 0 Å². The molecule has 0 bridgehead atoms. The minimum atomic E-state index is -0.812. The van der Waals surface area contributed by atoms with E-state index in [-0.39, 0.29) is 11.5 Å². The first-order valence-corrected chi connectivity index (χ1v) is 8.94. The molecular weight excluding hydrogens is 404 g/mol. The van der Waals surface area contributed by atoms with Crippen LogP contribution in [-0.4, -0.2) is 28.7 Å². The topological polar surface area (TPSA) is 136 Å². The summed E-state index contributed by atoms with van der Waals surface area (Å²) in [7, 11) is 1.64. The van der Waals surface area contributed by atoms with Crippen LogP contribution in [0.15, 0.2) is 72.8 Å². The van der Waals surface area contributed by atoms with Crippen LogP contribution in [0.5, 0.6) is 0 Å². The van der Waals surface area contributed by atoms with Gasteiger partial charge in [-0.1, -0.05) is 18.2 Å². The number of hydrogen-bond acceptors (Lipinski definition) is 6. The number of hydrogen-bond donors (Lipinski definition) is 1. The molecule has 0 heterocycles. The molecule has 10 nitrogen and oxygen atoms in total. The summed E-state index contributed by atoms with van der Waals surface area (Å²) in [6.07, 6.45) is 0. The van der Waals surface area contributed by atoms with Crippen molar-refractivity contribution in [3.05, 3.63) is 104 Å². The molecule has 0 radical (unpaired) electrons. The van der Waals surface area contributed by atoms with Crippen molar-refractivity contribution >= 4 is 34.6 Å². The average molecular weight is 420 g/mol. The maximum atomic E-state index is 12.6. The highest BCUT2D eigenvalue weighted by molar-refractivity contribution is 6.07. The number of anilines is 2. The van der Waals surface area contributed by atoms with Gasteiger partial charge in [-0.25, -0.2) is 0 Å². The van der Waals surface area contributed by atoms with E-state index in [1.807, 2.05) is 18.2 Å². The zero-order valence-corrected chi connectivity index (χ0v) is 16.2. The number of nitrogens with zero attached hydrogens (tertiary/aromatic N) is 3. The van der Waals surface area contributed by atoms with Crippen molar-refractivity contribution in [2.24, 2.45) is 0 Å². The minimum Gasteiger partial charge on any atom is -0.322 e. The number of nitrogens with one attached hydrogen (secondary N) is 1. The van der Waals surface area contributed by atoms with E-state index in [0.29, 0.717) is 11.3 Å². The average Bonchev–Trinajstić information content (AvgIpc) is 2.78. The summed E-state index contributed by atoms with van der Waals surface area (Å²) in [6.45, 7) is 0. The normalized spacial score (nSPS) is 10.2. The molecule has 3 aromatic rings. The van der Waals surface area contributed by atoms with Crippen molar-refractivity contribution in [2.45, 2.75) is 0 Å². The summed E-state index contributed by atoms with van der Waals surface area (Å²) in [5.41, 5.74) is 0.0592. The summed E-state index contributed by atoms with van der Waals surface area (Å²) in [4.78, 5) is 46.9. The highest BCUT2D eigenvalue weighted by Crippen LogP contribution is 2.24. The van der Waals surface area contributed by atoms with Gasteiger partial charge in [0.15, 0.2) is 0 Å². The van der Waals surface area contributed by atoms with Gasteiger partial charge in [-0.05, 0) is 36.4 Å². The molecule has 0 fully saturated rings. The van der Waals surface area contributed by atoms with Gasteiger partial charge in [0.2, 0.25) is 0 Å². The van der Waals surface area contributed by atoms with Crippen LogP contribution in [0.3, 0.4) is 0 Å². The third kappa shape index (κ3) is 4.88. The largest absolute Gasteiger partial charge is 0.322 e. The lowest BCUT2D eigenvalue weighted by atomic mass is 10.1. The fraction of sp³-hybridized carbons (Fsp3) is 0.0476. The Bertz CT molecular complexity index is 1130. The van der Waals surface area contributed by atoms with Gasteiger partial charge in [0.25, 0.3) is 23.2 Å². The van der Waals surface area contributed by atoms with Crippen molar-refractivity contribution in [2.75, 3.05) is 17.3 Å². The summed E-state index contributed by atoms with van der Waals surface area (Å²) in [5, 5.41) is 24.5. The number of carbonyl (C=O) groups excluding carboxylic acids is 2. The van der Waals surface area contributed by atoms with Gasteiger partial charge in [-0.2, -0.15) is 0 Å². The molecule has 0 aliphatic rings. The Hall–Kier alpha value is -4.60. The summed E-state index contributed by atoms with van der Waals surface area (Å²) in [6, 6.07) is 17.8. The zero-order valence-electron chi connectivity index (χ0n) is 16.2. The van der Waals surface area contributed by atoms with Crippen molar-refractivity contribution < 1.29 is 19.4 Å². The van der Waals surface area contributed by atoms with Gasteiger partial charge < -0.3 is 10.2 Å². The van der Waals surface area contributed by atoms with Gasteiger partial charge in [-0.15, -0.1) is 0 Å². The Morgan fingerprint density at radius 3 is 1.87 bits per heavy atom. The van der Waals surface area contributed by atoms with Crippen LogP contribution in [0.25, 0.3) is 0 Å². The number of non-ortho nitro benzene ring substituents is 2. The molecule has 31 heavy (non-hydrogen) atoms. The standard InChI is InChI=1S/C21H16N4O6/c1-23(17-5-3-2-4-6-17)21(27)14-7-9-16(10-8-14)22-20(26)15-11-18(24(28)29)13-19(12-15)25(30)31/h2-13H,1H3,(H,22,26). The monoisotopic (exact) mass is 420 g/mol. The number of rotatable bonds is 6. The van der Waals surface area contributed by atoms with Gasteiger partial charge in [0.1, 0.15) is 0 Å². The Labute approximate surface area is 176 Å². The fourth-order valence-electron chi connectivity index (χ4n) is 2.80. The van der Waals surface area contributed by atoms with Gasteiger partial charge >= 0.3 is 0 Å². The Morgan fingerprint density at radius 1 is 0.806 bits per heavy atom. The Balaban J connectivity index is 1.77. The predicted octanol–water partition coefficient (Wildman–Crippen LogP) is 4.03. The molecule has 0 unspecified atom stereocenters. The number of carbonyl (C=O) groups is 2. The van der Waals surface area contributed by atoms with Crippen molar-refractivity contribution in [3.8, 4) is 0 Å². The SMILES string of the molecule is CN(C(=O)c1ccc(NC(=O)c2cc([N+](=O)[O-])cc([N+](=O)[O-])c2)cc1)c1ccccc1. The number of benzene rings is 3. The van der Waals surface area contributed by atoms with Crippen molar-refractivity contribution in [1.82, 2.24) is 0 Å². The minimum absolute atomic E-state index is 0.232. The first kappa shape index (κ1) is 21.1. The van der Waals surface area contributed by atoms with Gasteiger partial charge in [0.05, 0.1) is 21.5 Å². The van der Waals surface area contributed by atoms with Crippen LogP contribution in [0.4, 0.5) is 22.7 Å². The van der Waals surface area contributed by atoms with Crippen LogP contribution < -0.4 is 10.2 Å². The van der Waals surface area contributed by atoms with Crippen molar-refractivity contribution in [3.63, 3.8) is 0 Å². The van der Waals surface area contributed by atoms with E-state index in [0.717, 1.165) is 23.9 Å². The number of nitro groups is 2. The molecule has 0 atom stereocenters. The molecule has 0 spiro atoms. The summed E-state index contributed by atoms with van der Waals surface area (Å²) < 4.78 is 0. The van der Waals surface area contributed by atoms with E-state index in [1.54, 1.807) is 19.2 Å². The van der Waals surface area contributed by atoms with Crippen LogP contribution in [-0.2, 0) is 0 Å². The Morgan fingerprint density at radius 2 is 1.35 bits per heavy atom. The molecule has 0 aliphatic carbocycles. The van der Waals surface area contributed by atoms with Crippen LogP contribution in [0.1, 0.15) is 20.7 Å². The van der Waals surface area contributed by atoms with E-state index < -0.39 is 27.1 Å². The smallest absolute Gasteiger partial charge is 0.277 e. The first-order valence-electron chi connectivity index (χ1n) is 8.94. The molecule has 1 N–H and O–H groups in total. The third-order valence-corrected chi connectivity index (χ3v) is 4.42. The molecule has 10 heteroatoms. The van der Waals surface area contributed by atoms with E-state index in [2.05, 4.69) is 5.32 Å². The molecule has 2 amide bonds. The number of nitro benzene ring substituents is 2. The second kappa shape index (κ2) is 8.82. The summed E-state index contributed by atoms with van der Waals surface area (Å²) in [5.74, 6) is -1.01. The molecule has 0 saturated carbocycles. The van der Waals surface area contributed by atoms with E-state index in [1.165, 1.54) is 29.2 Å². The second-order valence-corrected chi connectivity index (χ2v) is 6.48. The highest BCUT2D eigenvalue weighted by Gasteiger charge is 2.20. The maximum absolute atomic E-state index is 12.6. The van der Waals surface area contributed by atoms with Crippen LogP contribution in [0, 0.1) is 20.2 Å². The fourth-order valence-corrected chi connectivity index (χ4v) is 2.80. The summed E-state index contributed by atoms with van der Waals surface area (Å²) >= 11 is 0. The van der Waals surface area contributed by atoms with Crippen LogP contribution >= 0.6 is 0 Å². The van der Waals surface area contributed by atoms with E-state index in [9.17, 15) is 29.8 Å². The molecule has 0 aliphatic heterocycles. The molecule has 3 aromatic carbocycles. The second-order valence-electron chi connectivity index (χ2n) is 6.48. The highest BCUT2D eigenvalue weighted by atomic mass is 16.6. The number of amides is 2. The lowest BCUT2D eigenvalue weighted by molar-refractivity contribution is -0.394. The lowest BCUT2D eigenvalue weighted by Crippen LogP contribution is -2.26. The molecule has 0 saturated heterocycles. The van der Waals surface area contributed by atoms with E-state index in [4.69, 9.17) is 0 Å². The maximum Gasteiger partial charge on any atom is 0.277 e. The predicted molar refractivity (Wildman–Crippen MR) is 113 cm³/mol. The molecule has 156 valence electrons. The third-order valence-electron chi connectivity index (χ3n) is 4.42. The van der Waals surface area contributed by atoms with Gasteiger partial charge in [0, 0.05) is 36.1 Å². The number of para-hydroxylation sites is 1. The molecule has 3 rings (SSSR count). The zero-order chi connectivity index (χ0) is 22.5. The lowest BCUT2D eigenvalue weighted by Gasteiger charge is -2.17. The Kier molecular flexibility index (Phi) is 6.01. The van der Waals surface area contributed by atoms with Gasteiger partial charge in [-0.3, -0.25) is 29.8 Å². The first-order chi connectivity index (χ1) is 14.8. The van der Waals surface area contributed by atoms with Crippen LogP contribution in [0.2, 0.25) is 0 Å². The molecule has 0 aromatic heterocycles.